The van der Waals surface area contributed by atoms with Crippen LogP contribution in [0.2, 0.25) is 0 Å². The summed E-state index contributed by atoms with van der Waals surface area (Å²) in [4.78, 5) is 0. The van der Waals surface area contributed by atoms with E-state index in [-0.39, 0.29) is 6.04 Å². The molecule has 1 aromatic rings. The maximum Gasteiger partial charge on any atom is 0.0944 e. The molecule has 17 heavy (non-hydrogen) atoms. The number of hydrogen-bond donors (Lipinski definition) is 3. The Bertz CT molecular complexity index is 352. The molecular weight excluding hydrogens is 212 g/mol. The third kappa shape index (κ3) is 3.53. The summed E-state index contributed by atoms with van der Waals surface area (Å²) >= 11 is 0. The molecule has 96 valence electrons. The monoisotopic (exact) mass is 236 g/mol. The molecule has 0 aliphatic carbocycles. The maximum absolute atomic E-state index is 10.3. The zero-order valence-electron chi connectivity index (χ0n) is 10.8. The SMILES string of the molecule is CCc1ccc(CC)c(C(O)C(N)CCN)c1. The Morgan fingerprint density at radius 2 is 1.94 bits per heavy atom. The van der Waals surface area contributed by atoms with Gasteiger partial charge in [0.25, 0.3) is 0 Å². The van der Waals surface area contributed by atoms with E-state index in [0.29, 0.717) is 13.0 Å². The third-order valence-corrected chi connectivity index (χ3v) is 3.22. The Labute approximate surface area is 104 Å². The Kier molecular flexibility index (Phi) is 5.62. The van der Waals surface area contributed by atoms with Crippen molar-refractivity contribution in [3.05, 3.63) is 34.9 Å². The van der Waals surface area contributed by atoms with E-state index in [9.17, 15) is 5.11 Å². The quantitative estimate of drug-likeness (QED) is 0.701. The summed E-state index contributed by atoms with van der Waals surface area (Å²) in [6.45, 7) is 4.70. The van der Waals surface area contributed by atoms with Gasteiger partial charge in [0.05, 0.1) is 6.10 Å². The molecule has 0 bridgehead atoms. The van der Waals surface area contributed by atoms with Gasteiger partial charge in [0.2, 0.25) is 0 Å². The molecule has 0 aliphatic rings. The van der Waals surface area contributed by atoms with Crippen molar-refractivity contribution in [2.45, 2.75) is 45.3 Å². The second-order valence-corrected chi connectivity index (χ2v) is 4.43. The topological polar surface area (TPSA) is 72.3 Å². The van der Waals surface area contributed by atoms with E-state index in [2.05, 4.69) is 32.0 Å². The van der Waals surface area contributed by atoms with Gasteiger partial charge in [-0.2, -0.15) is 0 Å². The molecule has 5 N–H and O–H groups in total. The van der Waals surface area contributed by atoms with E-state index in [0.717, 1.165) is 18.4 Å². The van der Waals surface area contributed by atoms with E-state index in [1.54, 1.807) is 0 Å². The first-order valence-corrected chi connectivity index (χ1v) is 6.39. The van der Waals surface area contributed by atoms with Crippen molar-refractivity contribution in [3.63, 3.8) is 0 Å². The van der Waals surface area contributed by atoms with Crippen molar-refractivity contribution in [2.24, 2.45) is 11.5 Å². The van der Waals surface area contributed by atoms with Gasteiger partial charge in [0.15, 0.2) is 0 Å². The summed E-state index contributed by atoms with van der Waals surface area (Å²) in [5.41, 5.74) is 14.8. The van der Waals surface area contributed by atoms with Crippen LogP contribution in [-0.4, -0.2) is 17.7 Å². The summed E-state index contributed by atoms with van der Waals surface area (Å²) in [7, 11) is 0. The lowest BCUT2D eigenvalue weighted by Gasteiger charge is -2.21. The fourth-order valence-electron chi connectivity index (χ4n) is 2.04. The Morgan fingerprint density at radius 1 is 1.24 bits per heavy atom. The van der Waals surface area contributed by atoms with Crippen molar-refractivity contribution < 1.29 is 5.11 Å². The van der Waals surface area contributed by atoms with Crippen LogP contribution >= 0.6 is 0 Å². The van der Waals surface area contributed by atoms with Crippen LogP contribution < -0.4 is 11.5 Å². The Morgan fingerprint density at radius 3 is 2.47 bits per heavy atom. The second kappa shape index (κ2) is 6.74. The van der Waals surface area contributed by atoms with Crippen molar-refractivity contribution in [1.82, 2.24) is 0 Å². The summed E-state index contributed by atoms with van der Waals surface area (Å²) in [5, 5.41) is 10.3. The molecule has 0 saturated carbocycles. The highest BCUT2D eigenvalue weighted by Crippen LogP contribution is 2.23. The van der Waals surface area contributed by atoms with Gasteiger partial charge in [-0.3, -0.25) is 0 Å². The van der Waals surface area contributed by atoms with Crippen LogP contribution in [-0.2, 0) is 12.8 Å². The van der Waals surface area contributed by atoms with Gasteiger partial charge >= 0.3 is 0 Å². The predicted molar refractivity (Wildman–Crippen MR) is 71.8 cm³/mol. The first-order valence-electron chi connectivity index (χ1n) is 6.39. The van der Waals surface area contributed by atoms with Crippen molar-refractivity contribution >= 4 is 0 Å². The second-order valence-electron chi connectivity index (χ2n) is 4.43. The number of nitrogens with two attached hydrogens (primary N) is 2. The molecule has 3 nitrogen and oxygen atoms in total. The van der Waals surface area contributed by atoms with Crippen LogP contribution in [0.5, 0.6) is 0 Å². The van der Waals surface area contributed by atoms with Gasteiger partial charge in [-0.05, 0) is 42.5 Å². The normalized spacial score (nSPS) is 14.6. The molecule has 0 radical (unpaired) electrons. The summed E-state index contributed by atoms with van der Waals surface area (Å²) in [6.07, 6.45) is 1.91. The van der Waals surface area contributed by atoms with Gasteiger partial charge in [-0.1, -0.05) is 32.0 Å². The number of aliphatic hydroxyl groups is 1. The summed E-state index contributed by atoms with van der Waals surface area (Å²) in [5.74, 6) is 0. The highest BCUT2D eigenvalue weighted by atomic mass is 16.3. The van der Waals surface area contributed by atoms with E-state index in [1.807, 2.05) is 0 Å². The number of rotatable bonds is 6. The lowest BCUT2D eigenvalue weighted by atomic mass is 9.92. The average Bonchev–Trinajstić information content (AvgIpc) is 2.37. The number of benzene rings is 1. The maximum atomic E-state index is 10.3. The lowest BCUT2D eigenvalue weighted by molar-refractivity contribution is 0.142. The number of aliphatic hydroxyl groups excluding tert-OH is 1. The minimum absolute atomic E-state index is 0.280. The zero-order chi connectivity index (χ0) is 12.8. The van der Waals surface area contributed by atoms with Crippen LogP contribution in [0.25, 0.3) is 0 Å². The van der Waals surface area contributed by atoms with Gasteiger partial charge in [-0.15, -0.1) is 0 Å². The predicted octanol–water partition coefficient (Wildman–Crippen LogP) is 1.52. The molecule has 2 atom stereocenters. The van der Waals surface area contributed by atoms with Gasteiger partial charge < -0.3 is 16.6 Å². The van der Waals surface area contributed by atoms with Crippen molar-refractivity contribution in [1.29, 1.82) is 0 Å². The summed E-state index contributed by atoms with van der Waals surface area (Å²) in [6, 6.07) is 5.99. The van der Waals surface area contributed by atoms with Crippen molar-refractivity contribution in [3.8, 4) is 0 Å². The molecule has 1 aromatic carbocycles. The largest absolute Gasteiger partial charge is 0.387 e. The molecule has 0 heterocycles. The average molecular weight is 236 g/mol. The number of hydrogen-bond acceptors (Lipinski definition) is 3. The minimum atomic E-state index is -0.611. The third-order valence-electron chi connectivity index (χ3n) is 3.22. The fourth-order valence-corrected chi connectivity index (χ4v) is 2.04. The van der Waals surface area contributed by atoms with Crippen LogP contribution in [0.15, 0.2) is 18.2 Å². The molecule has 0 spiro atoms. The first kappa shape index (κ1) is 14.2. The molecule has 0 amide bonds. The van der Waals surface area contributed by atoms with Crippen LogP contribution in [0.3, 0.4) is 0 Å². The smallest absolute Gasteiger partial charge is 0.0944 e. The molecule has 0 saturated heterocycles. The molecule has 0 aliphatic heterocycles. The van der Waals surface area contributed by atoms with E-state index >= 15 is 0 Å². The Balaban J connectivity index is 3.00. The standard InChI is InChI=1S/C14H24N2O/c1-3-10-5-6-11(4-2)12(9-10)14(17)13(16)7-8-15/h5-6,9,13-14,17H,3-4,7-8,15-16H2,1-2H3. The molecule has 0 aromatic heterocycles. The Hall–Kier alpha value is -0.900. The van der Waals surface area contributed by atoms with E-state index in [4.69, 9.17) is 11.5 Å². The highest BCUT2D eigenvalue weighted by molar-refractivity contribution is 5.34. The zero-order valence-corrected chi connectivity index (χ0v) is 10.8. The van der Waals surface area contributed by atoms with E-state index < -0.39 is 6.10 Å². The van der Waals surface area contributed by atoms with Crippen LogP contribution in [0, 0.1) is 0 Å². The van der Waals surface area contributed by atoms with Crippen molar-refractivity contribution in [2.75, 3.05) is 6.54 Å². The molecule has 0 fully saturated rings. The molecular formula is C14H24N2O. The van der Waals surface area contributed by atoms with Gasteiger partial charge in [0.1, 0.15) is 0 Å². The summed E-state index contributed by atoms with van der Waals surface area (Å²) < 4.78 is 0. The lowest BCUT2D eigenvalue weighted by Crippen LogP contribution is -2.31. The fraction of sp³-hybridized carbons (Fsp3) is 0.571. The first-order chi connectivity index (χ1) is 8.13. The molecule has 3 heteroatoms. The molecule has 1 rings (SSSR count). The van der Waals surface area contributed by atoms with Crippen LogP contribution in [0.4, 0.5) is 0 Å². The van der Waals surface area contributed by atoms with E-state index in [1.165, 1.54) is 11.1 Å². The van der Waals surface area contributed by atoms with Gasteiger partial charge in [-0.25, -0.2) is 0 Å². The van der Waals surface area contributed by atoms with Gasteiger partial charge in [0, 0.05) is 6.04 Å². The minimum Gasteiger partial charge on any atom is -0.387 e. The number of aryl methyl sites for hydroxylation is 2. The van der Waals surface area contributed by atoms with Crippen LogP contribution in [0.1, 0.15) is 43.1 Å². The highest BCUT2D eigenvalue weighted by Gasteiger charge is 2.18. The molecule has 2 unspecified atom stereocenters.